The predicted molar refractivity (Wildman–Crippen MR) is 54.1 cm³/mol. The van der Waals surface area contributed by atoms with E-state index in [2.05, 4.69) is 5.32 Å². The molecule has 15 heavy (non-hydrogen) atoms. The molecule has 0 saturated carbocycles. The van der Waals surface area contributed by atoms with Gasteiger partial charge < -0.3 is 10.2 Å². The number of nitrogens with one attached hydrogen (secondary N) is 1. The third-order valence-electron chi connectivity index (χ3n) is 2.52. The molecule has 1 atom stereocenters. The number of rotatable bonds is 3. The molecule has 0 aliphatic carbocycles. The maximum absolute atomic E-state index is 11.6. The van der Waals surface area contributed by atoms with Crippen LogP contribution in [0, 0.1) is 0 Å². The predicted octanol–water partition coefficient (Wildman–Crippen LogP) is -0.298. The summed E-state index contributed by atoms with van der Waals surface area (Å²) >= 11 is 0. The molecule has 5 nitrogen and oxygen atoms in total. The van der Waals surface area contributed by atoms with E-state index < -0.39 is 0 Å². The second kappa shape index (κ2) is 4.91. The van der Waals surface area contributed by atoms with Crippen LogP contribution in [-0.4, -0.2) is 42.1 Å². The molecule has 2 amide bonds. The van der Waals surface area contributed by atoms with E-state index in [1.54, 1.807) is 7.05 Å². The topological polar surface area (TPSA) is 66.5 Å². The lowest BCUT2D eigenvalue weighted by Crippen LogP contribution is -2.45. The highest BCUT2D eigenvalue weighted by molar-refractivity contribution is 5.98. The van der Waals surface area contributed by atoms with Gasteiger partial charge in [0.25, 0.3) is 0 Å². The fourth-order valence-electron chi connectivity index (χ4n) is 1.82. The van der Waals surface area contributed by atoms with E-state index >= 15 is 0 Å². The first-order chi connectivity index (χ1) is 7.06. The second-order valence-electron chi connectivity index (χ2n) is 3.74. The van der Waals surface area contributed by atoms with Gasteiger partial charge in [0.05, 0.1) is 6.42 Å². The molecule has 1 fully saturated rings. The first kappa shape index (κ1) is 11.7. The minimum Gasteiger partial charge on any atom is -0.357 e. The molecule has 0 aromatic heterocycles. The fourth-order valence-corrected chi connectivity index (χ4v) is 1.82. The summed E-state index contributed by atoms with van der Waals surface area (Å²) in [6.07, 6.45) is 1.40. The van der Waals surface area contributed by atoms with Gasteiger partial charge in [-0.15, -0.1) is 0 Å². The first-order valence-electron chi connectivity index (χ1n) is 5.06. The monoisotopic (exact) mass is 212 g/mol. The van der Waals surface area contributed by atoms with Crippen LogP contribution in [0.3, 0.4) is 0 Å². The van der Waals surface area contributed by atoms with Crippen molar-refractivity contribution in [3.63, 3.8) is 0 Å². The SMILES string of the molecule is CNC(=O)C1CCCN1C(=O)CC(C)=O. The van der Waals surface area contributed by atoms with Crippen LogP contribution < -0.4 is 5.32 Å². The van der Waals surface area contributed by atoms with E-state index in [4.69, 9.17) is 0 Å². The van der Waals surface area contributed by atoms with E-state index in [-0.39, 0.29) is 30.1 Å². The van der Waals surface area contributed by atoms with E-state index in [1.165, 1.54) is 11.8 Å². The Morgan fingerprint density at radius 1 is 1.40 bits per heavy atom. The van der Waals surface area contributed by atoms with Crippen LogP contribution in [0.15, 0.2) is 0 Å². The highest BCUT2D eigenvalue weighted by Crippen LogP contribution is 2.18. The molecule has 1 saturated heterocycles. The molecular weight excluding hydrogens is 196 g/mol. The number of likely N-dealkylation sites (N-methyl/N-ethyl adjacent to an activating group) is 1. The Balaban J connectivity index is 2.63. The van der Waals surface area contributed by atoms with E-state index in [0.717, 1.165) is 6.42 Å². The Bertz CT molecular complexity index is 288. The molecule has 0 aromatic rings. The molecule has 1 N–H and O–H groups in total. The van der Waals surface area contributed by atoms with Crippen molar-refractivity contribution in [2.45, 2.75) is 32.2 Å². The standard InChI is InChI=1S/C10H16N2O3/c1-7(13)6-9(14)12-5-3-4-8(12)10(15)11-2/h8H,3-6H2,1-2H3,(H,11,15). The van der Waals surface area contributed by atoms with Crippen molar-refractivity contribution in [1.82, 2.24) is 10.2 Å². The third-order valence-corrected chi connectivity index (χ3v) is 2.52. The van der Waals surface area contributed by atoms with Crippen molar-refractivity contribution < 1.29 is 14.4 Å². The van der Waals surface area contributed by atoms with Gasteiger partial charge >= 0.3 is 0 Å². The van der Waals surface area contributed by atoms with E-state index in [9.17, 15) is 14.4 Å². The normalized spacial score (nSPS) is 20.1. The Kier molecular flexibility index (Phi) is 3.82. The third kappa shape index (κ3) is 2.78. The number of Topliss-reactive ketones (excluding diaryl/α,β-unsaturated/α-hetero) is 1. The molecule has 1 aliphatic heterocycles. The number of nitrogens with zero attached hydrogens (tertiary/aromatic N) is 1. The van der Waals surface area contributed by atoms with Crippen molar-refractivity contribution in [3.8, 4) is 0 Å². The van der Waals surface area contributed by atoms with Gasteiger partial charge in [0.2, 0.25) is 11.8 Å². The van der Waals surface area contributed by atoms with Gasteiger partial charge in [-0.05, 0) is 19.8 Å². The van der Waals surface area contributed by atoms with Gasteiger partial charge in [0.1, 0.15) is 11.8 Å². The quantitative estimate of drug-likeness (QED) is 0.653. The van der Waals surface area contributed by atoms with Crippen LogP contribution in [-0.2, 0) is 14.4 Å². The average molecular weight is 212 g/mol. The van der Waals surface area contributed by atoms with Crippen LogP contribution in [0.1, 0.15) is 26.2 Å². The summed E-state index contributed by atoms with van der Waals surface area (Å²) in [5.74, 6) is -0.555. The Morgan fingerprint density at radius 2 is 2.07 bits per heavy atom. The Hall–Kier alpha value is -1.39. The molecule has 0 bridgehead atoms. The van der Waals surface area contributed by atoms with Crippen molar-refractivity contribution in [1.29, 1.82) is 0 Å². The van der Waals surface area contributed by atoms with Gasteiger partial charge in [-0.3, -0.25) is 14.4 Å². The Morgan fingerprint density at radius 3 is 2.60 bits per heavy atom. The van der Waals surface area contributed by atoms with Crippen molar-refractivity contribution >= 4 is 17.6 Å². The van der Waals surface area contributed by atoms with Gasteiger partial charge in [-0.25, -0.2) is 0 Å². The first-order valence-corrected chi connectivity index (χ1v) is 5.06. The summed E-state index contributed by atoms with van der Waals surface area (Å²) in [6.45, 7) is 1.95. The molecule has 0 aromatic carbocycles. The molecule has 1 unspecified atom stereocenters. The highest BCUT2D eigenvalue weighted by Gasteiger charge is 2.33. The number of carbonyl (C=O) groups excluding carboxylic acids is 3. The number of likely N-dealkylation sites (tertiary alicyclic amines) is 1. The molecule has 1 heterocycles. The van der Waals surface area contributed by atoms with Crippen molar-refractivity contribution in [3.05, 3.63) is 0 Å². The van der Waals surface area contributed by atoms with Crippen LogP contribution in [0.5, 0.6) is 0 Å². The maximum atomic E-state index is 11.6. The number of hydrogen-bond donors (Lipinski definition) is 1. The smallest absolute Gasteiger partial charge is 0.242 e. The van der Waals surface area contributed by atoms with Crippen LogP contribution >= 0.6 is 0 Å². The molecular formula is C10H16N2O3. The molecule has 1 rings (SSSR count). The largest absolute Gasteiger partial charge is 0.357 e. The zero-order valence-corrected chi connectivity index (χ0v) is 9.08. The lowest BCUT2D eigenvalue weighted by molar-refractivity contribution is -0.140. The van der Waals surface area contributed by atoms with Crippen LogP contribution in [0.2, 0.25) is 0 Å². The summed E-state index contributed by atoms with van der Waals surface area (Å²) in [5.41, 5.74) is 0. The molecule has 0 spiro atoms. The lowest BCUT2D eigenvalue weighted by atomic mass is 10.2. The van der Waals surface area contributed by atoms with Gasteiger partial charge in [-0.1, -0.05) is 0 Å². The summed E-state index contributed by atoms with van der Waals surface area (Å²) in [4.78, 5) is 35.3. The van der Waals surface area contributed by atoms with Gasteiger partial charge in [0, 0.05) is 13.6 Å². The van der Waals surface area contributed by atoms with E-state index in [0.29, 0.717) is 13.0 Å². The maximum Gasteiger partial charge on any atom is 0.242 e. The lowest BCUT2D eigenvalue weighted by Gasteiger charge is -2.22. The minimum absolute atomic E-state index is 0.104. The zero-order valence-electron chi connectivity index (χ0n) is 9.08. The summed E-state index contributed by atoms with van der Waals surface area (Å²) in [6, 6.07) is -0.387. The van der Waals surface area contributed by atoms with Crippen molar-refractivity contribution in [2.75, 3.05) is 13.6 Å². The minimum atomic E-state index is -0.387. The molecule has 1 aliphatic rings. The molecule has 84 valence electrons. The zero-order chi connectivity index (χ0) is 11.4. The summed E-state index contributed by atoms with van der Waals surface area (Å²) in [5, 5.41) is 2.53. The van der Waals surface area contributed by atoms with Gasteiger partial charge in [-0.2, -0.15) is 0 Å². The highest BCUT2D eigenvalue weighted by atomic mass is 16.2. The number of amides is 2. The number of hydrogen-bond acceptors (Lipinski definition) is 3. The van der Waals surface area contributed by atoms with Crippen LogP contribution in [0.4, 0.5) is 0 Å². The number of carbonyl (C=O) groups is 3. The van der Waals surface area contributed by atoms with Crippen molar-refractivity contribution in [2.24, 2.45) is 0 Å². The fraction of sp³-hybridized carbons (Fsp3) is 0.700. The summed E-state index contributed by atoms with van der Waals surface area (Å²) in [7, 11) is 1.55. The second-order valence-corrected chi connectivity index (χ2v) is 3.74. The van der Waals surface area contributed by atoms with Gasteiger partial charge in [0.15, 0.2) is 0 Å². The summed E-state index contributed by atoms with van der Waals surface area (Å²) < 4.78 is 0. The molecule has 0 radical (unpaired) electrons. The molecule has 5 heteroatoms. The van der Waals surface area contributed by atoms with E-state index in [1.807, 2.05) is 0 Å². The van der Waals surface area contributed by atoms with Crippen LogP contribution in [0.25, 0.3) is 0 Å². The average Bonchev–Trinajstić information content (AvgIpc) is 2.63. The number of ketones is 1. The Labute approximate surface area is 88.8 Å².